The SMILES string of the molecule is CCc1nn(C)c(NC(C)c2ccc(C)s2)c1[N+](=O)[O-]. The minimum absolute atomic E-state index is 0.00695. The first-order chi connectivity index (χ1) is 9.43. The molecule has 1 N–H and O–H groups in total. The van der Waals surface area contributed by atoms with E-state index in [2.05, 4.69) is 10.4 Å². The van der Waals surface area contributed by atoms with E-state index in [0.29, 0.717) is 17.9 Å². The number of anilines is 1. The van der Waals surface area contributed by atoms with Crippen LogP contribution in [0.1, 0.15) is 35.3 Å². The van der Waals surface area contributed by atoms with Gasteiger partial charge in [0.05, 0.1) is 11.0 Å². The molecule has 2 rings (SSSR count). The van der Waals surface area contributed by atoms with E-state index in [1.54, 1.807) is 23.1 Å². The lowest BCUT2D eigenvalue weighted by molar-refractivity contribution is -0.384. The maximum Gasteiger partial charge on any atom is 0.333 e. The molecule has 1 atom stereocenters. The zero-order chi connectivity index (χ0) is 14.9. The summed E-state index contributed by atoms with van der Waals surface area (Å²) in [5, 5.41) is 18.7. The van der Waals surface area contributed by atoms with Crippen LogP contribution in [0.4, 0.5) is 11.5 Å². The van der Waals surface area contributed by atoms with Gasteiger partial charge in [0.15, 0.2) is 0 Å². The number of rotatable bonds is 5. The van der Waals surface area contributed by atoms with Gasteiger partial charge < -0.3 is 5.32 Å². The molecule has 1 unspecified atom stereocenters. The first-order valence-corrected chi connectivity index (χ1v) is 7.28. The van der Waals surface area contributed by atoms with Crippen LogP contribution in [0, 0.1) is 17.0 Å². The summed E-state index contributed by atoms with van der Waals surface area (Å²) in [6.45, 7) is 5.90. The molecule has 0 saturated carbocycles. The number of nitrogens with one attached hydrogen (secondary N) is 1. The highest BCUT2D eigenvalue weighted by molar-refractivity contribution is 7.12. The number of hydrogen-bond donors (Lipinski definition) is 1. The molecule has 0 bridgehead atoms. The van der Waals surface area contributed by atoms with Gasteiger partial charge in [0, 0.05) is 16.8 Å². The van der Waals surface area contributed by atoms with Crippen molar-refractivity contribution in [3.8, 4) is 0 Å². The van der Waals surface area contributed by atoms with Gasteiger partial charge in [-0.15, -0.1) is 11.3 Å². The van der Waals surface area contributed by atoms with Crippen LogP contribution in [0.3, 0.4) is 0 Å². The first-order valence-electron chi connectivity index (χ1n) is 6.47. The van der Waals surface area contributed by atoms with Crippen molar-refractivity contribution in [2.45, 2.75) is 33.2 Å². The van der Waals surface area contributed by atoms with Crippen LogP contribution in [0.5, 0.6) is 0 Å². The average Bonchev–Trinajstić information content (AvgIpc) is 2.94. The summed E-state index contributed by atoms with van der Waals surface area (Å²) in [4.78, 5) is 13.3. The Hall–Kier alpha value is -1.89. The smallest absolute Gasteiger partial charge is 0.333 e. The molecule has 0 aliphatic carbocycles. The maximum absolute atomic E-state index is 11.3. The van der Waals surface area contributed by atoms with E-state index in [1.807, 2.05) is 32.9 Å². The molecule has 7 heteroatoms. The van der Waals surface area contributed by atoms with E-state index in [0.717, 1.165) is 4.88 Å². The predicted molar refractivity (Wildman–Crippen MR) is 80.3 cm³/mol. The Morgan fingerprint density at radius 2 is 2.25 bits per heavy atom. The normalized spacial score (nSPS) is 12.4. The second kappa shape index (κ2) is 5.62. The zero-order valence-electron chi connectivity index (χ0n) is 12.0. The highest BCUT2D eigenvalue weighted by Gasteiger charge is 2.26. The third kappa shape index (κ3) is 2.67. The molecule has 0 aliphatic heterocycles. The molecule has 0 saturated heterocycles. The molecule has 108 valence electrons. The molecule has 0 fully saturated rings. The van der Waals surface area contributed by atoms with E-state index in [-0.39, 0.29) is 16.7 Å². The van der Waals surface area contributed by atoms with Crippen LogP contribution in [0.2, 0.25) is 0 Å². The van der Waals surface area contributed by atoms with E-state index < -0.39 is 0 Å². The Morgan fingerprint density at radius 1 is 1.55 bits per heavy atom. The highest BCUT2D eigenvalue weighted by Crippen LogP contribution is 2.32. The van der Waals surface area contributed by atoms with Crippen LogP contribution in [-0.2, 0) is 13.5 Å². The zero-order valence-corrected chi connectivity index (χ0v) is 12.8. The Morgan fingerprint density at radius 3 is 2.75 bits per heavy atom. The van der Waals surface area contributed by atoms with E-state index in [4.69, 9.17) is 0 Å². The number of aryl methyl sites for hydroxylation is 3. The fourth-order valence-electron chi connectivity index (χ4n) is 2.12. The van der Waals surface area contributed by atoms with Crippen molar-refractivity contribution >= 4 is 22.8 Å². The topological polar surface area (TPSA) is 73.0 Å². The van der Waals surface area contributed by atoms with Gasteiger partial charge >= 0.3 is 5.69 Å². The summed E-state index contributed by atoms with van der Waals surface area (Å²) < 4.78 is 1.55. The summed E-state index contributed by atoms with van der Waals surface area (Å²) in [6, 6.07) is 4.10. The Kier molecular flexibility index (Phi) is 4.08. The lowest BCUT2D eigenvalue weighted by atomic mass is 10.2. The van der Waals surface area contributed by atoms with Crippen molar-refractivity contribution in [1.29, 1.82) is 0 Å². The van der Waals surface area contributed by atoms with Crippen molar-refractivity contribution in [3.05, 3.63) is 37.7 Å². The van der Waals surface area contributed by atoms with Crippen molar-refractivity contribution in [1.82, 2.24) is 9.78 Å². The van der Waals surface area contributed by atoms with Gasteiger partial charge in [0.1, 0.15) is 5.69 Å². The molecule has 0 aliphatic rings. The largest absolute Gasteiger partial charge is 0.357 e. The number of nitrogens with zero attached hydrogens (tertiary/aromatic N) is 3. The summed E-state index contributed by atoms with van der Waals surface area (Å²) in [5.41, 5.74) is 0.588. The van der Waals surface area contributed by atoms with Gasteiger partial charge in [-0.05, 0) is 32.4 Å². The van der Waals surface area contributed by atoms with E-state index in [1.165, 1.54) is 4.88 Å². The fraction of sp³-hybridized carbons (Fsp3) is 0.462. The van der Waals surface area contributed by atoms with Crippen LogP contribution >= 0.6 is 11.3 Å². The third-order valence-corrected chi connectivity index (χ3v) is 4.33. The van der Waals surface area contributed by atoms with Crippen LogP contribution < -0.4 is 5.32 Å². The van der Waals surface area contributed by atoms with Crippen molar-refractivity contribution in [3.63, 3.8) is 0 Å². The molecule has 0 spiro atoms. The van der Waals surface area contributed by atoms with Gasteiger partial charge in [-0.3, -0.25) is 10.1 Å². The Labute approximate surface area is 121 Å². The third-order valence-electron chi connectivity index (χ3n) is 3.15. The van der Waals surface area contributed by atoms with Crippen molar-refractivity contribution in [2.75, 3.05) is 5.32 Å². The quantitative estimate of drug-likeness (QED) is 0.677. The minimum atomic E-state index is -0.361. The van der Waals surface area contributed by atoms with Gasteiger partial charge in [-0.1, -0.05) is 6.92 Å². The average molecular weight is 294 g/mol. The first kappa shape index (κ1) is 14.5. The predicted octanol–water partition coefficient (Wildman–Crippen LogP) is 3.43. The van der Waals surface area contributed by atoms with Gasteiger partial charge in [0.2, 0.25) is 5.82 Å². The van der Waals surface area contributed by atoms with Crippen LogP contribution in [0.15, 0.2) is 12.1 Å². The van der Waals surface area contributed by atoms with Gasteiger partial charge in [-0.25, -0.2) is 4.68 Å². The molecular weight excluding hydrogens is 276 g/mol. The molecule has 20 heavy (non-hydrogen) atoms. The van der Waals surface area contributed by atoms with E-state index in [9.17, 15) is 10.1 Å². The van der Waals surface area contributed by atoms with Crippen LogP contribution in [-0.4, -0.2) is 14.7 Å². The molecule has 0 amide bonds. The standard InChI is InChI=1S/C13H18N4O2S/c1-5-10-12(17(18)19)13(16(4)15-10)14-9(3)11-7-6-8(2)20-11/h6-7,9,14H,5H2,1-4H3. The molecule has 6 nitrogen and oxygen atoms in total. The lowest BCUT2D eigenvalue weighted by Gasteiger charge is -2.13. The van der Waals surface area contributed by atoms with E-state index >= 15 is 0 Å². The number of thiophene rings is 1. The molecule has 2 aromatic rings. The minimum Gasteiger partial charge on any atom is -0.357 e. The monoisotopic (exact) mass is 294 g/mol. The summed E-state index contributed by atoms with van der Waals surface area (Å²) in [5.74, 6) is 0.463. The molecule has 0 aromatic carbocycles. The van der Waals surface area contributed by atoms with Crippen molar-refractivity contribution in [2.24, 2.45) is 7.05 Å². The van der Waals surface area contributed by atoms with Crippen molar-refractivity contribution < 1.29 is 4.92 Å². The second-order valence-electron chi connectivity index (χ2n) is 4.69. The summed E-state index contributed by atoms with van der Waals surface area (Å²) >= 11 is 1.69. The Balaban J connectivity index is 2.33. The van der Waals surface area contributed by atoms with Gasteiger partial charge in [0.25, 0.3) is 0 Å². The Bertz CT molecular complexity index is 632. The molecule has 2 heterocycles. The maximum atomic E-state index is 11.3. The number of hydrogen-bond acceptors (Lipinski definition) is 5. The fourth-order valence-corrected chi connectivity index (χ4v) is 3.00. The number of nitro groups is 1. The highest BCUT2D eigenvalue weighted by atomic mass is 32.1. The molecule has 2 aromatic heterocycles. The second-order valence-corrected chi connectivity index (χ2v) is 6.01. The summed E-state index contributed by atoms with van der Waals surface area (Å²) in [6.07, 6.45) is 0.540. The molecular formula is C13H18N4O2S. The summed E-state index contributed by atoms with van der Waals surface area (Å²) in [7, 11) is 1.72. The van der Waals surface area contributed by atoms with Crippen LogP contribution in [0.25, 0.3) is 0 Å². The molecule has 0 radical (unpaired) electrons. The number of aromatic nitrogens is 2. The lowest BCUT2D eigenvalue weighted by Crippen LogP contribution is -2.10. The van der Waals surface area contributed by atoms with Gasteiger partial charge in [-0.2, -0.15) is 5.10 Å².